The van der Waals surface area contributed by atoms with Crippen LogP contribution in [0.2, 0.25) is 0 Å². The van der Waals surface area contributed by atoms with Crippen molar-refractivity contribution in [3.63, 3.8) is 0 Å². The van der Waals surface area contributed by atoms with E-state index in [-0.39, 0.29) is 4.84 Å². The lowest BCUT2D eigenvalue weighted by atomic mass is 10.2. The average molecular weight is 289 g/mol. The van der Waals surface area contributed by atoms with E-state index >= 15 is 0 Å². The van der Waals surface area contributed by atoms with Gasteiger partial charge in [-0.2, -0.15) is 0 Å². The molecule has 0 aliphatic rings. The summed E-state index contributed by atoms with van der Waals surface area (Å²) in [5.41, 5.74) is 2.16. The third kappa shape index (κ3) is 2.64. The number of rotatable bonds is 3. The van der Waals surface area contributed by atoms with Gasteiger partial charge in [-0.3, -0.25) is 0 Å². The van der Waals surface area contributed by atoms with Crippen LogP contribution in [-0.4, -0.2) is 15.2 Å². The Labute approximate surface area is 119 Å². The van der Waals surface area contributed by atoms with Gasteiger partial charge in [-0.25, -0.2) is 10.1 Å². The molecule has 1 N–H and O–H groups in total. The van der Waals surface area contributed by atoms with Crippen LogP contribution in [0.1, 0.15) is 16.3 Å². The first kappa shape index (κ1) is 12.3. The van der Waals surface area contributed by atoms with Crippen LogP contribution in [-0.2, 0) is 6.42 Å². The molecule has 6 heteroatoms. The number of hydrogen-bond donors (Lipinski definition) is 1. The molecule has 1 aromatic carbocycles. The number of H-pyrrole nitrogens is 1. The second-order valence-electron chi connectivity index (χ2n) is 4.10. The Kier molecular flexibility index (Phi) is 3.27. The smallest absolute Gasteiger partial charge is 0.284 e. The lowest BCUT2D eigenvalue weighted by Gasteiger charge is -1.95. The Bertz CT molecular complexity index is 743. The largest absolute Gasteiger partial charge is 0.408 e. The topological polar surface area (TPSA) is 54.7 Å². The zero-order chi connectivity index (χ0) is 13.2. The second-order valence-corrected chi connectivity index (χ2v) is 5.56. The summed E-state index contributed by atoms with van der Waals surface area (Å²) in [6.45, 7) is 1.95. The van der Waals surface area contributed by atoms with Gasteiger partial charge < -0.3 is 4.42 Å². The van der Waals surface area contributed by atoms with Gasteiger partial charge >= 0.3 is 0 Å². The third-order valence-corrected chi connectivity index (χ3v) is 3.99. The Morgan fingerprint density at radius 3 is 2.79 bits per heavy atom. The summed E-state index contributed by atoms with van der Waals surface area (Å²) in [6, 6.07) is 10.3. The van der Waals surface area contributed by atoms with Crippen LogP contribution in [0, 0.1) is 11.8 Å². The highest BCUT2D eigenvalue weighted by Crippen LogP contribution is 2.29. The molecule has 2 heterocycles. The minimum absolute atomic E-state index is 0.285. The molecule has 2 aromatic heterocycles. The zero-order valence-corrected chi connectivity index (χ0v) is 11.8. The quantitative estimate of drug-likeness (QED) is 0.746. The summed E-state index contributed by atoms with van der Waals surface area (Å²) in [5.74, 6) is 0.513. The van der Waals surface area contributed by atoms with Crippen molar-refractivity contribution < 1.29 is 4.42 Å². The van der Waals surface area contributed by atoms with Gasteiger partial charge in [0.25, 0.3) is 10.7 Å². The van der Waals surface area contributed by atoms with Crippen molar-refractivity contribution in [2.24, 2.45) is 0 Å². The molecule has 0 unspecified atom stereocenters. The number of hydrogen-bond acceptors (Lipinski definition) is 5. The number of benzene rings is 1. The predicted octanol–water partition coefficient (Wildman–Crippen LogP) is 3.75. The molecule has 4 nitrogen and oxygen atoms in total. The van der Waals surface area contributed by atoms with Crippen molar-refractivity contribution in [1.29, 1.82) is 0 Å². The molecule has 0 radical (unpaired) electrons. The van der Waals surface area contributed by atoms with E-state index in [1.807, 2.05) is 25.1 Å². The summed E-state index contributed by atoms with van der Waals surface area (Å²) >= 11 is 6.47. The van der Waals surface area contributed by atoms with E-state index in [1.54, 1.807) is 11.3 Å². The number of thiazole rings is 1. The van der Waals surface area contributed by atoms with Gasteiger partial charge in [-0.15, -0.1) is 16.4 Å². The molecule has 0 aliphatic carbocycles. The fourth-order valence-electron chi connectivity index (χ4n) is 1.82. The average Bonchev–Trinajstić information content (AvgIpc) is 2.97. The monoisotopic (exact) mass is 289 g/mol. The van der Waals surface area contributed by atoms with Gasteiger partial charge in [0.1, 0.15) is 4.88 Å². The lowest BCUT2D eigenvalue weighted by molar-refractivity contribution is 0.553. The fourth-order valence-corrected chi connectivity index (χ4v) is 2.97. The Balaban J connectivity index is 1.91. The predicted molar refractivity (Wildman–Crippen MR) is 76.8 cm³/mol. The molecule has 96 valence electrons. The van der Waals surface area contributed by atoms with Crippen LogP contribution >= 0.6 is 23.6 Å². The molecule has 3 rings (SSSR count). The highest BCUT2D eigenvalue weighted by Gasteiger charge is 2.14. The maximum Gasteiger partial charge on any atom is 0.284 e. The van der Waals surface area contributed by atoms with E-state index in [0.29, 0.717) is 5.89 Å². The van der Waals surface area contributed by atoms with Crippen molar-refractivity contribution in [2.45, 2.75) is 13.3 Å². The molecule has 0 amide bonds. The van der Waals surface area contributed by atoms with E-state index in [9.17, 15) is 0 Å². The molecule has 0 bridgehead atoms. The van der Waals surface area contributed by atoms with Crippen molar-refractivity contribution in [3.05, 3.63) is 51.4 Å². The van der Waals surface area contributed by atoms with E-state index in [2.05, 4.69) is 27.3 Å². The van der Waals surface area contributed by atoms with Gasteiger partial charge in [-0.1, -0.05) is 30.3 Å². The van der Waals surface area contributed by atoms with Crippen LogP contribution in [0.15, 0.2) is 34.7 Å². The molecule has 0 saturated heterocycles. The molecule has 0 spiro atoms. The Morgan fingerprint density at radius 1 is 1.32 bits per heavy atom. The maximum atomic E-state index is 5.33. The van der Waals surface area contributed by atoms with Gasteiger partial charge in [0.2, 0.25) is 0 Å². The third-order valence-electron chi connectivity index (χ3n) is 2.67. The van der Waals surface area contributed by atoms with Gasteiger partial charge in [0.15, 0.2) is 0 Å². The molecular formula is C13H11N3OS2. The molecule has 0 fully saturated rings. The summed E-state index contributed by atoms with van der Waals surface area (Å²) in [4.78, 5) is 5.78. The number of aryl methyl sites for hydroxylation is 1. The van der Waals surface area contributed by atoms with E-state index in [1.165, 1.54) is 5.56 Å². The molecule has 19 heavy (non-hydrogen) atoms. The SMILES string of the molecule is Cc1nc(Cc2ccccc2)sc1-c1n[nH]c(=S)o1. The van der Waals surface area contributed by atoms with Crippen molar-refractivity contribution in [1.82, 2.24) is 15.2 Å². The number of nitrogens with zero attached hydrogens (tertiary/aromatic N) is 2. The number of aromatic nitrogens is 3. The van der Waals surface area contributed by atoms with Crippen LogP contribution in [0.3, 0.4) is 0 Å². The zero-order valence-electron chi connectivity index (χ0n) is 10.2. The van der Waals surface area contributed by atoms with Gasteiger partial charge in [-0.05, 0) is 24.7 Å². The summed E-state index contributed by atoms with van der Waals surface area (Å²) in [5, 5.41) is 7.72. The van der Waals surface area contributed by atoms with Gasteiger partial charge in [0.05, 0.1) is 10.7 Å². The van der Waals surface area contributed by atoms with Crippen LogP contribution < -0.4 is 0 Å². The Hall–Kier alpha value is -1.79. The van der Waals surface area contributed by atoms with E-state index < -0.39 is 0 Å². The minimum Gasteiger partial charge on any atom is -0.408 e. The normalized spacial score (nSPS) is 10.8. The fraction of sp³-hybridized carbons (Fsp3) is 0.154. The maximum absolute atomic E-state index is 5.33. The first-order valence-electron chi connectivity index (χ1n) is 5.78. The molecule has 0 aliphatic heterocycles. The first-order chi connectivity index (χ1) is 9.22. The van der Waals surface area contributed by atoms with Crippen molar-refractivity contribution >= 4 is 23.6 Å². The summed E-state index contributed by atoms with van der Waals surface area (Å²) in [6.07, 6.45) is 0.817. The highest BCUT2D eigenvalue weighted by molar-refractivity contribution is 7.71. The van der Waals surface area contributed by atoms with Crippen LogP contribution in [0.5, 0.6) is 0 Å². The van der Waals surface area contributed by atoms with Crippen LogP contribution in [0.25, 0.3) is 10.8 Å². The summed E-state index contributed by atoms with van der Waals surface area (Å²) in [7, 11) is 0. The van der Waals surface area contributed by atoms with Crippen molar-refractivity contribution in [2.75, 3.05) is 0 Å². The standard InChI is InChI=1S/C13H11N3OS2/c1-8-11(12-15-16-13(18)17-12)19-10(14-8)7-9-5-3-2-4-6-9/h2-6H,7H2,1H3,(H,16,18). The van der Waals surface area contributed by atoms with E-state index in [0.717, 1.165) is 22.0 Å². The highest BCUT2D eigenvalue weighted by atomic mass is 32.1. The number of nitrogens with one attached hydrogen (secondary N) is 1. The van der Waals surface area contributed by atoms with Crippen molar-refractivity contribution in [3.8, 4) is 10.8 Å². The molecule has 0 saturated carbocycles. The Morgan fingerprint density at radius 2 is 2.11 bits per heavy atom. The van der Waals surface area contributed by atoms with E-state index in [4.69, 9.17) is 16.6 Å². The number of aromatic amines is 1. The first-order valence-corrected chi connectivity index (χ1v) is 7.01. The summed E-state index contributed by atoms with van der Waals surface area (Å²) < 4.78 is 5.33. The molecule has 3 aromatic rings. The molecule has 0 atom stereocenters. The molecular weight excluding hydrogens is 278 g/mol. The minimum atomic E-state index is 0.285. The second kappa shape index (κ2) is 5.07. The lowest BCUT2D eigenvalue weighted by Crippen LogP contribution is -1.86. The van der Waals surface area contributed by atoms with Crippen LogP contribution in [0.4, 0.5) is 0 Å². The van der Waals surface area contributed by atoms with Gasteiger partial charge in [0, 0.05) is 6.42 Å².